The summed E-state index contributed by atoms with van der Waals surface area (Å²) in [6.07, 6.45) is 46.5. The van der Waals surface area contributed by atoms with Crippen LogP contribution in [0.5, 0.6) is 0 Å². The Morgan fingerprint density at radius 2 is 0.966 bits per heavy atom. The number of allylic oxidation sites excluding steroid dienone is 20. The first-order valence-corrected chi connectivity index (χ1v) is 21.6. The van der Waals surface area contributed by atoms with Gasteiger partial charge in [-0.2, -0.15) is 0 Å². The highest BCUT2D eigenvalue weighted by molar-refractivity contribution is 5.70. The van der Waals surface area contributed by atoms with Crippen LogP contribution in [0.25, 0.3) is 0 Å². The zero-order valence-corrected chi connectivity index (χ0v) is 35.7. The predicted octanol–water partition coefficient (Wildman–Crippen LogP) is 9.10. The van der Waals surface area contributed by atoms with Crippen molar-refractivity contribution in [1.82, 2.24) is 0 Å². The average molecular weight is 823 g/mol. The Hall–Kier alpha value is -3.90. The van der Waals surface area contributed by atoms with Crippen LogP contribution in [0.3, 0.4) is 0 Å². The molecule has 0 amide bonds. The molecule has 330 valence electrons. The lowest BCUT2D eigenvalue weighted by Crippen LogP contribution is -2.59. The third kappa shape index (κ3) is 29.9. The van der Waals surface area contributed by atoms with Crippen LogP contribution in [0.4, 0.5) is 0 Å². The number of rotatable bonds is 33. The Morgan fingerprint density at radius 1 is 0.525 bits per heavy atom. The molecule has 0 aromatic carbocycles. The second-order valence-corrected chi connectivity index (χ2v) is 14.0. The SMILES string of the molecule is CC/C=C\C/C=C\C/C=C\C/C=C\C/C=C\C/C=C\CCC(=O)OC(COC(=O)CCCC/C=C\C/C=C\C/C=C\C/C=C\CC)COC1OC(CO)C(O)C(O)C1O. The number of hydrogen-bond acceptors (Lipinski definition) is 10. The minimum absolute atomic E-state index is 0.0873. The van der Waals surface area contributed by atoms with Crippen molar-refractivity contribution in [2.75, 3.05) is 19.8 Å². The number of carbonyl (C=O) groups is 2. The molecule has 1 aliphatic heterocycles. The van der Waals surface area contributed by atoms with Gasteiger partial charge in [-0.3, -0.25) is 9.59 Å². The quantitative estimate of drug-likeness (QED) is 0.0287. The van der Waals surface area contributed by atoms with Crippen molar-refractivity contribution in [3.8, 4) is 0 Å². The number of aliphatic hydroxyl groups is 4. The molecule has 6 atom stereocenters. The van der Waals surface area contributed by atoms with Crippen LogP contribution in [0.15, 0.2) is 122 Å². The molecule has 0 saturated carbocycles. The van der Waals surface area contributed by atoms with Crippen molar-refractivity contribution in [2.24, 2.45) is 0 Å². The minimum atomic E-state index is -1.62. The van der Waals surface area contributed by atoms with Gasteiger partial charge < -0.3 is 39.4 Å². The molecule has 6 unspecified atom stereocenters. The fourth-order valence-corrected chi connectivity index (χ4v) is 5.50. The summed E-state index contributed by atoms with van der Waals surface area (Å²) in [5, 5.41) is 40.0. The van der Waals surface area contributed by atoms with Crippen molar-refractivity contribution in [3.05, 3.63) is 122 Å². The highest BCUT2D eigenvalue weighted by Crippen LogP contribution is 2.22. The van der Waals surface area contributed by atoms with E-state index in [2.05, 4.69) is 123 Å². The van der Waals surface area contributed by atoms with Gasteiger partial charge in [0.05, 0.1) is 13.2 Å². The molecular weight excluding hydrogens is 749 g/mol. The molecule has 1 aliphatic rings. The molecule has 10 nitrogen and oxygen atoms in total. The zero-order chi connectivity index (χ0) is 43.0. The Labute approximate surface area is 354 Å². The van der Waals surface area contributed by atoms with E-state index in [-0.39, 0.29) is 26.1 Å². The van der Waals surface area contributed by atoms with Crippen molar-refractivity contribution in [2.45, 2.75) is 153 Å². The molecule has 0 bridgehead atoms. The third-order valence-electron chi connectivity index (χ3n) is 8.86. The molecule has 1 saturated heterocycles. The van der Waals surface area contributed by atoms with Gasteiger partial charge >= 0.3 is 11.9 Å². The summed E-state index contributed by atoms with van der Waals surface area (Å²) >= 11 is 0. The number of unbranched alkanes of at least 4 members (excludes halogenated alkanes) is 2. The van der Waals surface area contributed by atoms with E-state index in [1.807, 2.05) is 12.2 Å². The van der Waals surface area contributed by atoms with Crippen molar-refractivity contribution < 1.29 is 49.0 Å². The molecule has 0 aromatic rings. The Balaban J connectivity index is 2.45. The van der Waals surface area contributed by atoms with Gasteiger partial charge in [0.15, 0.2) is 12.4 Å². The lowest BCUT2D eigenvalue weighted by Gasteiger charge is -2.39. The van der Waals surface area contributed by atoms with E-state index < -0.39 is 55.4 Å². The first-order chi connectivity index (χ1) is 28.8. The fourth-order valence-electron chi connectivity index (χ4n) is 5.50. The Bertz CT molecular complexity index is 1370. The molecular formula is C49H74O10. The van der Waals surface area contributed by atoms with E-state index in [4.69, 9.17) is 18.9 Å². The van der Waals surface area contributed by atoms with E-state index in [1.165, 1.54) is 0 Å². The lowest BCUT2D eigenvalue weighted by molar-refractivity contribution is -0.305. The van der Waals surface area contributed by atoms with Gasteiger partial charge in [-0.25, -0.2) is 0 Å². The van der Waals surface area contributed by atoms with Crippen LogP contribution >= 0.6 is 0 Å². The molecule has 0 aliphatic carbocycles. The maximum Gasteiger partial charge on any atom is 0.306 e. The maximum absolute atomic E-state index is 12.7. The van der Waals surface area contributed by atoms with E-state index >= 15 is 0 Å². The maximum atomic E-state index is 12.7. The molecule has 0 radical (unpaired) electrons. The van der Waals surface area contributed by atoms with Crippen LogP contribution in [-0.4, -0.2) is 89.0 Å². The molecule has 0 spiro atoms. The summed E-state index contributed by atoms with van der Waals surface area (Å²) in [6, 6.07) is 0. The van der Waals surface area contributed by atoms with Crippen molar-refractivity contribution >= 4 is 11.9 Å². The van der Waals surface area contributed by atoms with Crippen LogP contribution in [-0.2, 0) is 28.5 Å². The van der Waals surface area contributed by atoms with E-state index in [0.717, 1.165) is 77.0 Å². The Kier molecular flexibility index (Phi) is 34.5. The second kappa shape index (κ2) is 38.3. The monoisotopic (exact) mass is 823 g/mol. The third-order valence-corrected chi connectivity index (χ3v) is 8.86. The summed E-state index contributed by atoms with van der Waals surface area (Å²) in [5.41, 5.74) is 0. The number of esters is 2. The summed E-state index contributed by atoms with van der Waals surface area (Å²) < 4.78 is 22.0. The number of hydrogen-bond donors (Lipinski definition) is 4. The van der Waals surface area contributed by atoms with Gasteiger partial charge in [-0.15, -0.1) is 0 Å². The van der Waals surface area contributed by atoms with Crippen molar-refractivity contribution in [1.29, 1.82) is 0 Å². The highest BCUT2D eigenvalue weighted by atomic mass is 16.7. The van der Waals surface area contributed by atoms with Gasteiger partial charge in [0.25, 0.3) is 0 Å². The lowest BCUT2D eigenvalue weighted by atomic mass is 9.99. The predicted molar refractivity (Wildman–Crippen MR) is 237 cm³/mol. The molecule has 1 heterocycles. The number of carbonyl (C=O) groups excluding carboxylic acids is 2. The van der Waals surface area contributed by atoms with Gasteiger partial charge in [-0.05, 0) is 89.9 Å². The van der Waals surface area contributed by atoms with Crippen LogP contribution in [0.2, 0.25) is 0 Å². The van der Waals surface area contributed by atoms with Crippen LogP contribution in [0, 0.1) is 0 Å². The normalized spacial score (nSPS) is 21.2. The van der Waals surface area contributed by atoms with E-state index in [1.54, 1.807) is 0 Å². The summed E-state index contributed by atoms with van der Waals surface area (Å²) in [7, 11) is 0. The minimum Gasteiger partial charge on any atom is -0.462 e. The highest BCUT2D eigenvalue weighted by Gasteiger charge is 2.44. The number of aliphatic hydroxyl groups excluding tert-OH is 4. The zero-order valence-electron chi connectivity index (χ0n) is 35.7. The molecule has 1 rings (SSSR count). The van der Waals surface area contributed by atoms with Gasteiger partial charge in [0.2, 0.25) is 0 Å². The van der Waals surface area contributed by atoms with E-state index in [0.29, 0.717) is 12.8 Å². The molecule has 4 N–H and O–H groups in total. The number of ether oxygens (including phenoxy) is 4. The molecule has 59 heavy (non-hydrogen) atoms. The summed E-state index contributed by atoms with van der Waals surface area (Å²) in [4.78, 5) is 25.3. The second-order valence-electron chi connectivity index (χ2n) is 14.0. The van der Waals surface area contributed by atoms with Crippen LogP contribution < -0.4 is 0 Å². The standard InChI is InChI=1S/C49H74O10/c1-3-5-7-9-11-13-15-17-19-20-21-22-24-26-28-30-32-34-36-38-45(52)58-42(41-57-49-48(55)47(54)46(53)43(39-50)59-49)40-56-44(51)37-35-33-31-29-27-25-23-18-16-14-12-10-8-6-4-2/h5-8,11-14,17-19,21-23,26-29,32,34,42-43,46-50,53-55H,3-4,9-10,15-16,20,24-25,30-31,33,35-41H2,1-2H3/b7-5-,8-6-,13-11-,14-12-,19-17-,22-21-,23-18-,28-26-,29-27-,34-32-. The Morgan fingerprint density at radius 3 is 1.42 bits per heavy atom. The topological polar surface area (TPSA) is 152 Å². The first kappa shape index (κ1) is 53.1. The summed E-state index contributed by atoms with van der Waals surface area (Å²) in [5.74, 6) is -0.970. The van der Waals surface area contributed by atoms with Gasteiger partial charge in [-0.1, -0.05) is 135 Å². The smallest absolute Gasteiger partial charge is 0.306 e. The molecule has 1 fully saturated rings. The van der Waals surface area contributed by atoms with Gasteiger partial charge in [0.1, 0.15) is 31.0 Å². The van der Waals surface area contributed by atoms with Gasteiger partial charge in [0, 0.05) is 12.8 Å². The fraction of sp³-hybridized carbons (Fsp3) is 0.551. The molecule has 0 aromatic heterocycles. The summed E-state index contributed by atoms with van der Waals surface area (Å²) in [6.45, 7) is 3.04. The largest absolute Gasteiger partial charge is 0.462 e. The molecule has 10 heteroatoms. The van der Waals surface area contributed by atoms with Crippen LogP contribution in [0.1, 0.15) is 117 Å². The average Bonchev–Trinajstić information content (AvgIpc) is 3.23. The first-order valence-electron chi connectivity index (χ1n) is 21.6. The van der Waals surface area contributed by atoms with Crippen molar-refractivity contribution in [3.63, 3.8) is 0 Å². The van der Waals surface area contributed by atoms with E-state index in [9.17, 15) is 30.0 Å².